The summed E-state index contributed by atoms with van der Waals surface area (Å²) >= 11 is -2.17. The van der Waals surface area contributed by atoms with Crippen molar-refractivity contribution >= 4 is 11.4 Å². The summed E-state index contributed by atoms with van der Waals surface area (Å²) in [4.78, 5) is 0. The third-order valence-electron chi connectivity index (χ3n) is 0.371. The van der Waals surface area contributed by atoms with Crippen LogP contribution in [0.25, 0.3) is 0 Å². The molecule has 0 aliphatic rings. The molecule has 0 radical (unpaired) electrons. The molecule has 0 aliphatic carbocycles. The van der Waals surface area contributed by atoms with Crippen molar-refractivity contribution in [1.29, 1.82) is 0 Å². The largest absolute Gasteiger partial charge is 0.416 e. The van der Waals surface area contributed by atoms with Gasteiger partial charge in [-0.1, -0.05) is 0 Å². The molecule has 0 unspecified atom stereocenters. The van der Waals surface area contributed by atoms with Gasteiger partial charge in [0.05, 0.1) is 0 Å². The van der Waals surface area contributed by atoms with Crippen LogP contribution < -0.4 is 0 Å². The minimum Gasteiger partial charge on any atom is -0.377 e. The maximum atomic E-state index is 11.1. The first-order valence-corrected chi connectivity index (χ1v) is 3.07. The first-order chi connectivity index (χ1) is 4.81. The highest BCUT2D eigenvalue weighted by Gasteiger charge is 1.92. The Bertz CT molecular complexity index is 141. The summed E-state index contributed by atoms with van der Waals surface area (Å²) < 4.78 is 40.3. The van der Waals surface area contributed by atoms with Gasteiger partial charge >= 0.3 is 11.4 Å². The van der Waals surface area contributed by atoms with Crippen molar-refractivity contribution in [3.05, 3.63) is 25.2 Å². The average molecular weight is 170 g/mol. The smallest absolute Gasteiger partial charge is 0.377 e. The Morgan fingerprint density at radius 1 is 1.10 bits per heavy atom. The van der Waals surface area contributed by atoms with Gasteiger partial charge in [-0.15, -0.1) is 0 Å². The van der Waals surface area contributed by atoms with Gasteiger partial charge in [-0.05, 0) is 0 Å². The standard InChI is InChI=1S/C4H4F2O3S/c5-1-3-8-10(7)9-4-2-6/h1-4H/b3-1+,4-2+. The molecule has 0 aromatic heterocycles. The molecule has 6 heteroatoms. The highest BCUT2D eigenvalue weighted by Crippen LogP contribution is 1.91. The van der Waals surface area contributed by atoms with E-state index in [1.807, 2.05) is 0 Å². The minimum absolute atomic E-state index is 0.0282. The molecule has 0 rings (SSSR count). The van der Waals surface area contributed by atoms with Crippen molar-refractivity contribution in [2.75, 3.05) is 0 Å². The molecule has 0 atom stereocenters. The Morgan fingerprint density at radius 2 is 1.50 bits per heavy atom. The molecule has 0 heterocycles. The molecule has 10 heavy (non-hydrogen) atoms. The van der Waals surface area contributed by atoms with Crippen LogP contribution in [0.4, 0.5) is 8.78 Å². The monoisotopic (exact) mass is 170 g/mol. The predicted molar refractivity (Wildman–Crippen MR) is 30.8 cm³/mol. The van der Waals surface area contributed by atoms with Crippen molar-refractivity contribution in [3.63, 3.8) is 0 Å². The van der Waals surface area contributed by atoms with Gasteiger partial charge in [0.1, 0.15) is 25.2 Å². The molecule has 0 saturated carbocycles. The van der Waals surface area contributed by atoms with E-state index in [-0.39, 0.29) is 12.7 Å². The van der Waals surface area contributed by atoms with Crippen LogP contribution in [-0.4, -0.2) is 4.21 Å². The Labute approximate surface area is 58.8 Å². The quantitative estimate of drug-likeness (QED) is 0.599. The summed E-state index contributed by atoms with van der Waals surface area (Å²) in [7, 11) is 0. The summed E-state index contributed by atoms with van der Waals surface area (Å²) in [6.45, 7) is 0. The first-order valence-electron chi connectivity index (χ1n) is 2.07. The van der Waals surface area contributed by atoms with Gasteiger partial charge < -0.3 is 8.37 Å². The molecular formula is C4H4F2O3S. The van der Waals surface area contributed by atoms with Gasteiger partial charge in [0.2, 0.25) is 0 Å². The number of halogens is 2. The molecule has 0 aromatic carbocycles. The minimum atomic E-state index is -2.17. The Kier molecular flexibility index (Phi) is 5.65. The van der Waals surface area contributed by atoms with Crippen LogP contribution >= 0.6 is 0 Å². The van der Waals surface area contributed by atoms with Gasteiger partial charge in [-0.2, -0.15) is 4.21 Å². The maximum Gasteiger partial charge on any atom is 0.416 e. The fourth-order valence-corrected chi connectivity index (χ4v) is 0.466. The van der Waals surface area contributed by atoms with Crippen molar-refractivity contribution in [1.82, 2.24) is 0 Å². The van der Waals surface area contributed by atoms with E-state index in [1.165, 1.54) is 0 Å². The van der Waals surface area contributed by atoms with E-state index in [4.69, 9.17) is 0 Å². The van der Waals surface area contributed by atoms with Gasteiger partial charge in [-0.3, -0.25) is 0 Å². The van der Waals surface area contributed by atoms with E-state index < -0.39 is 11.4 Å². The Balaban J connectivity index is 3.44. The fourth-order valence-electron chi connectivity index (χ4n) is 0.155. The zero-order valence-electron chi connectivity index (χ0n) is 4.70. The van der Waals surface area contributed by atoms with Gasteiger partial charge in [0, 0.05) is 0 Å². The van der Waals surface area contributed by atoms with Crippen LogP contribution in [0.15, 0.2) is 25.2 Å². The highest BCUT2D eigenvalue weighted by atomic mass is 32.2. The topological polar surface area (TPSA) is 35.5 Å². The lowest BCUT2D eigenvalue weighted by molar-refractivity contribution is 0.384. The number of rotatable bonds is 4. The van der Waals surface area contributed by atoms with E-state index in [0.29, 0.717) is 12.5 Å². The molecule has 0 aromatic rings. The van der Waals surface area contributed by atoms with Crippen LogP contribution in [0.1, 0.15) is 0 Å². The predicted octanol–water partition coefficient (Wildman–Crippen LogP) is 1.48. The first kappa shape index (κ1) is 9.09. The van der Waals surface area contributed by atoms with E-state index in [2.05, 4.69) is 8.37 Å². The molecule has 0 bridgehead atoms. The Hall–Kier alpha value is -0.910. The molecule has 0 aliphatic heterocycles. The lowest BCUT2D eigenvalue weighted by Gasteiger charge is -1.93. The van der Waals surface area contributed by atoms with E-state index >= 15 is 0 Å². The second-order valence-electron chi connectivity index (χ2n) is 0.921. The highest BCUT2D eigenvalue weighted by molar-refractivity contribution is 7.75. The number of hydrogen-bond donors (Lipinski definition) is 0. The SMILES string of the molecule is O=S(O/C=C/F)O/C=C/F. The second-order valence-corrected chi connectivity index (χ2v) is 1.71. The molecule has 0 fully saturated rings. The summed E-state index contributed by atoms with van der Waals surface area (Å²) in [6.07, 6.45) is 1.09. The lowest BCUT2D eigenvalue weighted by atomic mass is 11.1. The third-order valence-corrected chi connectivity index (χ3v) is 0.908. The molecule has 0 amide bonds. The summed E-state index contributed by atoms with van der Waals surface area (Å²) in [5.74, 6) is 0. The molecule has 0 spiro atoms. The molecule has 58 valence electrons. The van der Waals surface area contributed by atoms with Crippen molar-refractivity contribution < 1.29 is 21.4 Å². The van der Waals surface area contributed by atoms with E-state index in [9.17, 15) is 13.0 Å². The van der Waals surface area contributed by atoms with Crippen LogP contribution in [0, 0.1) is 0 Å². The van der Waals surface area contributed by atoms with Gasteiger partial charge in [0.15, 0.2) is 0 Å². The second kappa shape index (κ2) is 6.21. The third kappa shape index (κ3) is 5.23. The summed E-state index contributed by atoms with van der Waals surface area (Å²) in [5, 5.41) is 0. The fraction of sp³-hybridized carbons (Fsp3) is 0. The maximum absolute atomic E-state index is 11.1. The van der Waals surface area contributed by atoms with E-state index in [0.717, 1.165) is 0 Å². The van der Waals surface area contributed by atoms with Crippen molar-refractivity contribution in [3.8, 4) is 0 Å². The van der Waals surface area contributed by atoms with Crippen LogP contribution in [0.5, 0.6) is 0 Å². The average Bonchev–Trinajstić information content (AvgIpc) is 1.97. The molecule has 0 saturated heterocycles. The lowest BCUT2D eigenvalue weighted by Crippen LogP contribution is -1.90. The summed E-state index contributed by atoms with van der Waals surface area (Å²) in [5.41, 5.74) is 0. The molecular weight excluding hydrogens is 166 g/mol. The number of hydrogen-bond acceptors (Lipinski definition) is 3. The van der Waals surface area contributed by atoms with Crippen molar-refractivity contribution in [2.24, 2.45) is 0 Å². The molecule has 3 nitrogen and oxygen atoms in total. The van der Waals surface area contributed by atoms with Crippen LogP contribution in [0.3, 0.4) is 0 Å². The zero-order chi connectivity index (χ0) is 7.82. The van der Waals surface area contributed by atoms with Crippen LogP contribution in [-0.2, 0) is 19.7 Å². The normalized spacial score (nSPS) is 11.5. The van der Waals surface area contributed by atoms with Crippen molar-refractivity contribution in [2.45, 2.75) is 0 Å². The zero-order valence-corrected chi connectivity index (χ0v) is 5.51. The van der Waals surface area contributed by atoms with E-state index in [1.54, 1.807) is 0 Å². The summed E-state index contributed by atoms with van der Waals surface area (Å²) in [6, 6.07) is 0. The van der Waals surface area contributed by atoms with Crippen LogP contribution in [0.2, 0.25) is 0 Å². The Morgan fingerprint density at radius 3 is 1.80 bits per heavy atom. The van der Waals surface area contributed by atoms with Gasteiger partial charge in [-0.25, -0.2) is 8.78 Å². The van der Waals surface area contributed by atoms with Gasteiger partial charge in [0.25, 0.3) is 0 Å². The molecule has 0 N–H and O–H groups in total.